The van der Waals surface area contributed by atoms with E-state index in [0.29, 0.717) is 34.0 Å². The number of hydrogen-bond donors (Lipinski definition) is 2. The average Bonchev–Trinajstić information content (AvgIpc) is 3.07. The molecule has 0 radical (unpaired) electrons. The molecule has 0 saturated carbocycles. The molecule has 1 aliphatic rings. The Morgan fingerprint density at radius 1 is 1.00 bits per heavy atom. The van der Waals surface area contributed by atoms with E-state index in [0.717, 1.165) is 17.1 Å². The fourth-order valence-electron chi connectivity index (χ4n) is 2.44. The zero-order valence-electron chi connectivity index (χ0n) is 13.4. The van der Waals surface area contributed by atoms with Crippen molar-refractivity contribution in [3.63, 3.8) is 0 Å². The number of hydrogen-bond acceptors (Lipinski definition) is 7. The topological polar surface area (TPSA) is 81.2 Å². The van der Waals surface area contributed by atoms with E-state index < -0.39 is 0 Å². The third-order valence-electron chi connectivity index (χ3n) is 3.59. The lowest BCUT2D eigenvalue weighted by molar-refractivity contribution is 0.174. The highest BCUT2D eigenvalue weighted by Gasteiger charge is 2.13. The van der Waals surface area contributed by atoms with Gasteiger partial charge in [-0.1, -0.05) is 29.3 Å². The summed E-state index contributed by atoms with van der Waals surface area (Å²) in [5.41, 5.74) is 1.71. The standard InChI is InChI=1S/C17H13Cl2N5O2/c18-11-4-12(19)6-13(5-11)22-17-23-16(8-21-24-17)20-7-10-1-2-14-15(3-10)26-9-25-14/h1-6,8H,7,9H2,(H2,20,22,23,24). The van der Waals surface area contributed by atoms with Gasteiger partial charge in [0, 0.05) is 22.3 Å². The monoisotopic (exact) mass is 389 g/mol. The van der Waals surface area contributed by atoms with Crippen LogP contribution in [-0.4, -0.2) is 22.0 Å². The molecule has 2 N–H and O–H groups in total. The summed E-state index contributed by atoms with van der Waals surface area (Å²) in [6, 6.07) is 10.9. The second-order valence-electron chi connectivity index (χ2n) is 5.49. The number of nitrogens with one attached hydrogen (secondary N) is 2. The Balaban J connectivity index is 1.44. The van der Waals surface area contributed by atoms with Crippen LogP contribution in [0.25, 0.3) is 0 Å². The van der Waals surface area contributed by atoms with Crippen molar-refractivity contribution in [3.05, 3.63) is 58.2 Å². The van der Waals surface area contributed by atoms with Crippen LogP contribution in [0.2, 0.25) is 10.0 Å². The van der Waals surface area contributed by atoms with Gasteiger partial charge in [-0.3, -0.25) is 0 Å². The number of rotatable bonds is 5. The van der Waals surface area contributed by atoms with E-state index in [2.05, 4.69) is 25.8 Å². The summed E-state index contributed by atoms with van der Waals surface area (Å²) in [5.74, 6) is 2.40. The van der Waals surface area contributed by atoms with Gasteiger partial charge in [-0.25, -0.2) is 0 Å². The Hall–Kier alpha value is -2.77. The van der Waals surface area contributed by atoms with Crippen molar-refractivity contribution in [2.24, 2.45) is 0 Å². The molecular weight excluding hydrogens is 377 g/mol. The Morgan fingerprint density at radius 2 is 1.81 bits per heavy atom. The minimum absolute atomic E-state index is 0.255. The molecule has 7 nitrogen and oxygen atoms in total. The van der Waals surface area contributed by atoms with Crippen LogP contribution < -0.4 is 20.1 Å². The Kier molecular flexibility index (Phi) is 4.64. The summed E-state index contributed by atoms with van der Waals surface area (Å²) in [7, 11) is 0. The van der Waals surface area contributed by atoms with Gasteiger partial charge in [0.1, 0.15) is 0 Å². The van der Waals surface area contributed by atoms with Crippen molar-refractivity contribution < 1.29 is 9.47 Å². The van der Waals surface area contributed by atoms with E-state index in [1.807, 2.05) is 18.2 Å². The number of anilines is 3. The average molecular weight is 390 g/mol. The van der Waals surface area contributed by atoms with Gasteiger partial charge in [-0.2, -0.15) is 10.1 Å². The molecule has 0 atom stereocenters. The largest absolute Gasteiger partial charge is 0.454 e. The van der Waals surface area contributed by atoms with Crippen molar-refractivity contribution in [1.29, 1.82) is 0 Å². The fraction of sp³-hybridized carbons (Fsp3) is 0.118. The number of fused-ring (bicyclic) bond motifs is 1. The zero-order valence-corrected chi connectivity index (χ0v) is 14.9. The van der Waals surface area contributed by atoms with Gasteiger partial charge in [0.15, 0.2) is 17.3 Å². The molecule has 2 aromatic carbocycles. The molecule has 26 heavy (non-hydrogen) atoms. The van der Waals surface area contributed by atoms with E-state index in [-0.39, 0.29) is 6.79 Å². The summed E-state index contributed by atoms with van der Waals surface area (Å²) >= 11 is 12.0. The normalized spacial score (nSPS) is 12.1. The first-order chi connectivity index (χ1) is 12.7. The summed E-state index contributed by atoms with van der Waals surface area (Å²) in [6.45, 7) is 0.808. The lowest BCUT2D eigenvalue weighted by Crippen LogP contribution is -2.05. The third kappa shape index (κ3) is 3.89. The first-order valence-corrected chi connectivity index (χ1v) is 8.46. The van der Waals surface area contributed by atoms with Crippen molar-refractivity contribution in [1.82, 2.24) is 15.2 Å². The van der Waals surface area contributed by atoms with Crippen molar-refractivity contribution in [2.75, 3.05) is 17.4 Å². The molecule has 9 heteroatoms. The van der Waals surface area contributed by atoms with Crippen LogP contribution in [0.4, 0.5) is 17.5 Å². The molecular formula is C17H13Cl2N5O2. The van der Waals surface area contributed by atoms with Crippen LogP contribution in [0, 0.1) is 0 Å². The van der Waals surface area contributed by atoms with Crippen LogP contribution in [0.3, 0.4) is 0 Å². The summed E-state index contributed by atoms with van der Waals surface area (Å²) in [4.78, 5) is 4.38. The molecule has 0 unspecified atom stereocenters. The van der Waals surface area contributed by atoms with Gasteiger partial charge in [0.2, 0.25) is 12.7 Å². The smallest absolute Gasteiger partial charge is 0.249 e. The lowest BCUT2D eigenvalue weighted by atomic mass is 10.2. The number of aromatic nitrogens is 3. The second kappa shape index (κ2) is 7.23. The SMILES string of the molecule is Clc1cc(Cl)cc(Nc2nncc(NCc3ccc4c(c3)OCO4)n2)c1. The molecule has 0 saturated heterocycles. The molecule has 0 aliphatic carbocycles. The van der Waals surface area contributed by atoms with Crippen LogP contribution in [0.1, 0.15) is 5.56 Å². The van der Waals surface area contributed by atoms with Gasteiger partial charge in [0.05, 0.1) is 6.20 Å². The quantitative estimate of drug-likeness (QED) is 0.674. The third-order valence-corrected chi connectivity index (χ3v) is 4.02. The fourth-order valence-corrected chi connectivity index (χ4v) is 2.97. The van der Waals surface area contributed by atoms with E-state index in [1.54, 1.807) is 24.4 Å². The number of benzene rings is 2. The van der Waals surface area contributed by atoms with Gasteiger partial charge in [-0.15, -0.1) is 5.10 Å². The minimum atomic E-state index is 0.255. The number of nitrogens with zero attached hydrogens (tertiary/aromatic N) is 3. The second-order valence-corrected chi connectivity index (χ2v) is 6.36. The highest BCUT2D eigenvalue weighted by molar-refractivity contribution is 6.35. The first kappa shape index (κ1) is 16.7. The molecule has 0 spiro atoms. The Labute approximate surface area is 159 Å². The number of halogens is 2. The van der Waals surface area contributed by atoms with Crippen molar-refractivity contribution in [2.45, 2.75) is 6.54 Å². The van der Waals surface area contributed by atoms with Gasteiger partial charge in [0.25, 0.3) is 0 Å². The maximum absolute atomic E-state index is 5.99. The molecule has 1 aliphatic heterocycles. The minimum Gasteiger partial charge on any atom is -0.454 e. The summed E-state index contributed by atoms with van der Waals surface area (Å²) < 4.78 is 10.7. The number of ether oxygens (including phenoxy) is 2. The molecule has 0 fully saturated rings. The van der Waals surface area contributed by atoms with Crippen LogP contribution in [0.15, 0.2) is 42.6 Å². The molecule has 0 amide bonds. The van der Waals surface area contributed by atoms with Gasteiger partial charge >= 0.3 is 0 Å². The highest BCUT2D eigenvalue weighted by Crippen LogP contribution is 2.32. The van der Waals surface area contributed by atoms with Crippen LogP contribution in [-0.2, 0) is 6.54 Å². The molecule has 2 heterocycles. The molecule has 0 bridgehead atoms. The van der Waals surface area contributed by atoms with Gasteiger partial charge < -0.3 is 20.1 Å². The van der Waals surface area contributed by atoms with E-state index in [9.17, 15) is 0 Å². The molecule has 132 valence electrons. The molecule has 1 aromatic heterocycles. The maximum atomic E-state index is 5.99. The van der Waals surface area contributed by atoms with E-state index in [4.69, 9.17) is 32.7 Å². The molecule has 3 aromatic rings. The predicted molar refractivity (Wildman–Crippen MR) is 99.5 cm³/mol. The van der Waals surface area contributed by atoms with Gasteiger partial charge in [-0.05, 0) is 35.9 Å². The Bertz CT molecular complexity index is 934. The highest BCUT2D eigenvalue weighted by atomic mass is 35.5. The van der Waals surface area contributed by atoms with Crippen molar-refractivity contribution in [3.8, 4) is 11.5 Å². The maximum Gasteiger partial charge on any atom is 0.249 e. The van der Waals surface area contributed by atoms with Crippen LogP contribution >= 0.6 is 23.2 Å². The lowest BCUT2D eigenvalue weighted by Gasteiger charge is -2.09. The van der Waals surface area contributed by atoms with E-state index >= 15 is 0 Å². The van der Waals surface area contributed by atoms with Crippen LogP contribution in [0.5, 0.6) is 11.5 Å². The summed E-state index contributed by atoms with van der Waals surface area (Å²) in [6.07, 6.45) is 1.54. The summed E-state index contributed by atoms with van der Waals surface area (Å²) in [5, 5.41) is 15.2. The zero-order chi connectivity index (χ0) is 17.9. The van der Waals surface area contributed by atoms with E-state index in [1.165, 1.54) is 0 Å². The Morgan fingerprint density at radius 3 is 2.65 bits per heavy atom. The molecule has 4 rings (SSSR count). The van der Waals surface area contributed by atoms with Crippen molar-refractivity contribution >= 4 is 40.7 Å². The predicted octanol–water partition coefficient (Wildman–Crippen LogP) is 4.26. The first-order valence-electron chi connectivity index (χ1n) is 7.71.